The highest BCUT2D eigenvalue weighted by Gasteiger charge is 2.10. The molecule has 0 radical (unpaired) electrons. The molecule has 1 saturated heterocycles. The number of rotatable bonds is 5. The van der Waals surface area contributed by atoms with Crippen LogP contribution in [0.3, 0.4) is 0 Å². The van der Waals surface area contributed by atoms with E-state index in [4.69, 9.17) is 21.7 Å². The molecule has 0 aliphatic carbocycles. The topological polar surface area (TPSA) is 42.4 Å². The molecule has 1 aromatic carbocycles. The van der Waals surface area contributed by atoms with Crippen molar-refractivity contribution in [3.05, 3.63) is 23.0 Å². The Morgan fingerprint density at radius 2 is 2.10 bits per heavy atom. The van der Waals surface area contributed by atoms with Gasteiger partial charge in [0.25, 0.3) is 0 Å². The highest BCUT2D eigenvalue weighted by Crippen LogP contribution is 2.21. The molecule has 6 heteroatoms. The van der Waals surface area contributed by atoms with E-state index in [2.05, 4.69) is 14.5 Å². The van der Waals surface area contributed by atoms with E-state index in [-0.39, 0.29) is 0 Å². The zero-order chi connectivity index (χ0) is 14.7. The highest BCUT2D eigenvalue weighted by atomic mass is 32.1. The van der Waals surface area contributed by atoms with Gasteiger partial charge >= 0.3 is 0 Å². The van der Waals surface area contributed by atoms with Crippen molar-refractivity contribution < 1.29 is 9.47 Å². The molecule has 1 aliphatic heterocycles. The molecule has 2 heterocycles. The Kier molecular flexibility index (Phi) is 4.57. The Labute approximate surface area is 129 Å². The summed E-state index contributed by atoms with van der Waals surface area (Å²) in [4.78, 5) is 5.70. The van der Waals surface area contributed by atoms with Crippen LogP contribution in [0.5, 0.6) is 5.75 Å². The maximum Gasteiger partial charge on any atom is 0.178 e. The van der Waals surface area contributed by atoms with Gasteiger partial charge in [-0.15, -0.1) is 0 Å². The number of fused-ring (bicyclic) bond motifs is 1. The van der Waals surface area contributed by atoms with E-state index in [1.807, 2.05) is 18.2 Å². The lowest BCUT2D eigenvalue weighted by Gasteiger charge is -2.26. The van der Waals surface area contributed by atoms with Crippen molar-refractivity contribution in [3.63, 3.8) is 0 Å². The van der Waals surface area contributed by atoms with E-state index in [0.717, 1.165) is 67.4 Å². The number of methoxy groups -OCH3 is 1. The van der Waals surface area contributed by atoms with Crippen LogP contribution in [0.15, 0.2) is 18.2 Å². The first-order chi connectivity index (χ1) is 10.3. The van der Waals surface area contributed by atoms with Gasteiger partial charge in [-0.05, 0) is 30.8 Å². The molecule has 0 spiro atoms. The molecule has 3 rings (SSSR count). The van der Waals surface area contributed by atoms with Gasteiger partial charge in [0.2, 0.25) is 0 Å². The summed E-state index contributed by atoms with van der Waals surface area (Å²) in [6.45, 7) is 5.78. The van der Waals surface area contributed by atoms with Gasteiger partial charge < -0.3 is 19.0 Å². The number of benzene rings is 1. The maximum atomic E-state index is 5.44. The molecular weight excluding hydrogens is 286 g/mol. The van der Waals surface area contributed by atoms with Gasteiger partial charge in [-0.3, -0.25) is 4.90 Å². The average Bonchev–Trinajstić information content (AvgIpc) is 2.83. The minimum atomic E-state index is 0.778. The molecule has 0 atom stereocenters. The third-order valence-electron chi connectivity index (χ3n) is 3.94. The third-order valence-corrected chi connectivity index (χ3v) is 4.26. The smallest absolute Gasteiger partial charge is 0.178 e. The standard InChI is InChI=1S/C15H21N3O2S/c1-19-12-3-4-13-14(11-12)18(15(21)16-13)6-2-5-17-7-9-20-10-8-17/h3-4,11H,2,5-10H2,1H3,(H,16,21). The van der Waals surface area contributed by atoms with Crippen LogP contribution in [0.25, 0.3) is 11.0 Å². The van der Waals surface area contributed by atoms with Gasteiger partial charge in [0, 0.05) is 32.2 Å². The Bertz CT molecular complexity index is 658. The Morgan fingerprint density at radius 1 is 1.29 bits per heavy atom. The number of nitrogens with zero attached hydrogens (tertiary/aromatic N) is 2. The van der Waals surface area contributed by atoms with Crippen molar-refractivity contribution in [3.8, 4) is 5.75 Å². The second-order valence-electron chi connectivity index (χ2n) is 5.27. The molecule has 1 aliphatic rings. The molecule has 21 heavy (non-hydrogen) atoms. The van der Waals surface area contributed by atoms with Gasteiger partial charge in [-0.25, -0.2) is 0 Å². The largest absolute Gasteiger partial charge is 0.497 e. The second-order valence-corrected chi connectivity index (χ2v) is 5.66. The molecule has 114 valence electrons. The van der Waals surface area contributed by atoms with Gasteiger partial charge in [0.15, 0.2) is 4.77 Å². The van der Waals surface area contributed by atoms with E-state index >= 15 is 0 Å². The van der Waals surface area contributed by atoms with E-state index < -0.39 is 0 Å². The summed E-state index contributed by atoms with van der Waals surface area (Å²) in [5, 5.41) is 0. The monoisotopic (exact) mass is 307 g/mol. The summed E-state index contributed by atoms with van der Waals surface area (Å²) in [5.41, 5.74) is 2.17. The lowest BCUT2D eigenvalue weighted by Crippen LogP contribution is -2.37. The minimum Gasteiger partial charge on any atom is -0.497 e. The van der Waals surface area contributed by atoms with Gasteiger partial charge in [0.05, 0.1) is 31.4 Å². The number of hydrogen-bond donors (Lipinski definition) is 1. The van der Waals surface area contributed by atoms with Crippen molar-refractivity contribution in [2.75, 3.05) is 40.0 Å². The lowest BCUT2D eigenvalue weighted by atomic mass is 10.3. The SMILES string of the molecule is COc1ccc2[nH]c(=S)n(CCCN3CCOCC3)c2c1. The molecular formula is C15H21N3O2S. The van der Waals surface area contributed by atoms with Crippen LogP contribution < -0.4 is 4.74 Å². The van der Waals surface area contributed by atoms with Gasteiger partial charge in [-0.1, -0.05) is 0 Å². The molecule has 0 saturated carbocycles. The lowest BCUT2D eigenvalue weighted by molar-refractivity contribution is 0.0369. The summed E-state index contributed by atoms with van der Waals surface area (Å²) in [6.07, 6.45) is 1.08. The van der Waals surface area contributed by atoms with E-state index in [0.29, 0.717) is 0 Å². The quantitative estimate of drug-likeness (QED) is 0.862. The van der Waals surface area contributed by atoms with Gasteiger partial charge in [-0.2, -0.15) is 0 Å². The number of imidazole rings is 1. The van der Waals surface area contributed by atoms with E-state index in [9.17, 15) is 0 Å². The van der Waals surface area contributed by atoms with Crippen LogP contribution in [0.2, 0.25) is 0 Å². The molecule has 5 nitrogen and oxygen atoms in total. The van der Waals surface area contributed by atoms with Crippen molar-refractivity contribution in [2.45, 2.75) is 13.0 Å². The van der Waals surface area contributed by atoms with Crippen molar-refractivity contribution in [1.82, 2.24) is 14.5 Å². The first-order valence-electron chi connectivity index (χ1n) is 7.34. The first-order valence-corrected chi connectivity index (χ1v) is 7.75. The summed E-state index contributed by atoms with van der Waals surface area (Å²) in [7, 11) is 1.69. The number of ether oxygens (including phenoxy) is 2. The van der Waals surface area contributed by atoms with Crippen LogP contribution in [0.4, 0.5) is 0 Å². The van der Waals surface area contributed by atoms with E-state index in [1.54, 1.807) is 7.11 Å². The van der Waals surface area contributed by atoms with Crippen LogP contribution in [-0.4, -0.2) is 54.4 Å². The molecule has 1 aromatic heterocycles. The maximum absolute atomic E-state index is 5.44. The molecule has 1 N–H and O–H groups in total. The number of hydrogen-bond acceptors (Lipinski definition) is 4. The Balaban J connectivity index is 1.70. The molecule has 0 bridgehead atoms. The van der Waals surface area contributed by atoms with Crippen LogP contribution in [-0.2, 0) is 11.3 Å². The number of nitrogens with one attached hydrogen (secondary N) is 1. The zero-order valence-electron chi connectivity index (χ0n) is 12.3. The summed E-state index contributed by atoms with van der Waals surface area (Å²) >= 11 is 5.44. The van der Waals surface area contributed by atoms with Crippen molar-refractivity contribution >= 4 is 23.3 Å². The van der Waals surface area contributed by atoms with Crippen molar-refractivity contribution in [2.24, 2.45) is 0 Å². The fourth-order valence-corrected chi connectivity index (χ4v) is 3.06. The minimum absolute atomic E-state index is 0.778. The molecule has 0 unspecified atom stereocenters. The molecule has 2 aromatic rings. The zero-order valence-corrected chi connectivity index (χ0v) is 13.1. The number of aromatic amines is 1. The predicted octanol–water partition coefficient (Wildman–Crippen LogP) is 2.43. The Morgan fingerprint density at radius 3 is 2.86 bits per heavy atom. The highest BCUT2D eigenvalue weighted by molar-refractivity contribution is 7.71. The summed E-state index contributed by atoms with van der Waals surface area (Å²) in [6, 6.07) is 6.00. The van der Waals surface area contributed by atoms with Crippen LogP contribution in [0.1, 0.15) is 6.42 Å². The fraction of sp³-hybridized carbons (Fsp3) is 0.533. The normalized spacial score (nSPS) is 16.4. The average molecular weight is 307 g/mol. The van der Waals surface area contributed by atoms with Crippen LogP contribution in [0, 0.1) is 4.77 Å². The second kappa shape index (κ2) is 6.60. The van der Waals surface area contributed by atoms with Gasteiger partial charge in [0.1, 0.15) is 5.75 Å². The Hall–Kier alpha value is -1.37. The van der Waals surface area contributed by atoms with E-state index in [1.165, 1.54) is 0 Å². The molecule has 0 amide bonds. The number of aromatic nitrogens is 2. The van der Waals surface area contributed by atoms with Crippen LogP contribution >= 0.6 is 12.2 Å². The summed E-state index contributed by atoms with van der Waals surface area (Å²) < 4.78 is 13.6. The predicted molar refractivity (Wildman–Crippen MR) is 85.6 cm³/mol. The van der Waals surface area contributed by atoms with Crippen molar-refractivity contribution in [1.29, 1.82) is 0 Å². The summed E-state index contributed by atoms with van der Waals surface area (Å²) in [5.74, 6) is 0.860. The third kappa shape index (κ3) is 3.28. The number of morpholine rings is 1. The molecule has 1 fully saturated rings. The first kappa shape index (κ1) is 14.6. The fourth-order valence-electron chi connectivity index (χ4n) is 2.76. The number of aryl methyl sites for hydroxylation is 1. The number of H-pyrrole nitrogens is 1.